The van der Waals surface area contributed by atoms with Crippen LogP contribution in [0.15, 0.2) is 48.5 Å². The van der Waals surface area contributed by atoms with Gasteiger partial charge in [-0.1, -0.05) is 41.9 Å². The van der Waals surface area contributed by atoms with Crippen molar-refractivity contribution in [2.75, 3.05) is 0 Å². The van der Waals surface area contributed by atoms with Gasteiger partial charge in [-0.25, -0.2) is 0 Å². The summed E-state index contributed by atoms with van der Waals surface area (Å²) in [5, 5.41) is 20.5. The highest BCUT2D eigenvalue weighted by molar-refractivity contribution is 6.53. The maximum atomic E-state index is 10.9. The van der Waals surface area contributed by atoms with E-state index in [-0.39, 0.29) is 16.3 Å². The summed E-state index contributed by atoms with van der Waals surface area (Å²) < 4.78 is 0. The van der Waals surface area contributed by atoms with Gasteiger partial charge >= 0.3 is 0 Å². The molecule has 5 heteroatoms. The highest BCUT2D eigenvalue weighted by atomic mass is 35.5. The van der Waals surface area contributed by atoms with E-state index in [0.29, 0.717) is 16.7 Å². The first-order valence-electron chi connectivity index (χ1n) is 6.14. The zero-order valence-electron chi connectivity index (χ0n) is 11.2. The van der Waals surface area contributed by atoms with E-state index in [2.05, 4.69) is 6.07 Å². The molecule has 0 saturated heterocycles. The molecule has 0 spiro atoms. The second-order valence-corrected chi connectivity index (χ2v) is 4.86. The van der Waals surface area contributed by atoms with Crippen LogP contribution in [0.5, 0.6) is 0 Å². The molecule has 2 aromatic carbocycles. The van der Waals surface area contributed by atoms with Crippen LogP contribution >= 0.6 is 11.6 Å². The standard InChI is InChI=1S/C16H11ClN2O2/c1-11-7-13(9-14(8-11)19(20)21)16(17)15(10-18)12-5-3-2-4-6-12/h2-9H,1H3/b16-15+. The van der Waals surface area contributed by atoms with E-state index in [1.807, 2.05) is 6.07 Å². The fraction of sp³-hybridized carbons (Fsp3) is 0.0625. The van der Waals surface area contributed by atoms with Gasteiger partial charge < -0.3 is 0 Å². The van der Waals surface area contributed by atoms with Crippen molar-refractivity contribution in [3.05, 3.63) is 75.3 Å². The van der Waals surface area contributed by atoms with Gasteiger partial charge in [0, 0.05) is 17.7 Å². The van der Waals surface area contributed by atoms with E-state index in [1.54, 1.807) is 37.3 Å². The van der Waals surface area contributed by atoms with E-state index < -0.39 is 4.92 Å². The fourth-order valence-corrected chi connectivity index (χ4v) is 2.24. The Kier molecular flexibility index (Phi) is 4.36. The van der Waals surface area contributed by atoms with Crippen molar-refractivity contribution >= 4 is 27.9 Å². The molecule has 0 aromatic heterocycles. The number of rotatable bonds is 3. The zero-order chi connectivity index (χ0) is 15.4. The molecule has 0 aliphatic carbocycles. The van der Waals surface area contributed by atoms with Crippen LogP contribution in [0.2, 0.25) is 0 Å². The molecule has 4 nitrogen and oxygen atoms in total. The van der Waals surface area contributed by atoms with Gasteiger partial charge in [-0.2, -0.15) is 5.26 Å². The smallest absolute Gasteiger partial charge is 0.258 e. The maximum absolute atomic E-state index is 10.9. The topological polar surface area (TPSA) is 66.9 Å². The van der Waals surface area contributed by atoms with E-state index in [4.69, 9.17) is 11.6 Å². The monoisotopic (exact) mass is 298 g/mol. The number of halogens is 1. The van der Waals surface area contributed by atoms with Gasteiger partial charge in [-0.05, 0) is 24.1 Å². The number of nitriles is 1. The predicted molar refractivity (Wildman–Crippen MR) is 82.6 cm³/mol. The first-order chi connectivity index (χ1) is 10.0. The molecule has 0 radical (unpaired) electrons. The van der Waals surface area contributed by atoms with Crippen molar-refractivity contribution in [2.45, 2.75) is 6.92 Å². The third kappa shape index (κ3) is 3.28. The minimum atomic E-state index is -0.477. The molecule has 0 saturated carbocycles. The van der Waals surface area contributed by atoms with Gasteiger partial charge in [0.15, 0.2) is 0 Å². The Hall–Kier alpha value is -2.64. The quantitative estimate of drug-likeness (QED) is 0.362. The molecule has 0 bridgehead atoms. The molecule has 0 heterocycles. The minimum Gasteiger partial charge on any atom is -0.258 e. The minimum absolute atomic E-state index is 0.0477. The molecule has 0 atom stereocenters. The Morgan fingerprint density at radius 2 is 1.86 bits per heavy atom. The first-order valence-corrected chi connectivity index (χ1v) is 6.52. The number of non-ortho nitro benzene ring substituents is 1. The van der Waals surface area contributed by atoms with Crippen LogP contribution in [0, 0.1) is 28.4 Å². The van der Waals surface area contributed by atoms with E-state index in [0.717, 1.165) is 0 Å². The van der Waals surface area contributed by atoms with Gasteiger partial charge in [-0.15, -0.1) is 0 Å². The van der Waals surface area contributed by atoms with Crippen molar-refractivity contribution in [2.24, 2.45) is 0 Å². The average Bonchev–Trinajstić information content (AvgIpc) is 2.48. The number of aryl methyl sites for hydroxylation is 1. The number of benzene rings is 2. The van der Waals surface area contributed by atoms with Crippen molar-refractivity contribution in [1.29, 1.82) is 5.26 Å². The van der Waals surface area contributed by atoms with Gasteiger partial charge in [0.2, 0.25) is 0 Å². The zero-order valence-corrected chi connectivity index (χ0v) is 12.0. The summed E-state index contributed by atoms with van der Waals surface area (Å²) in [6, 6.07) is 15.6. The summed E-state index contributed by atoms with van der Waals surface area (Å²) >= 11 is 6.29. The van der Waals surface area contributed by atoms with Crippen LogP contribution in [-0.4, -0.2) is 4.92 Å². The Balaban J connectivity index is 2.61. The predicted octanol–water partition coefficient (Wildman–Crippen LogP) is 4.53. The Morgan fingerprint density at radius 3 is 2.43 bits per heavy atom. The van der Waals surface area contributed by atoms with Gasteiger partial charge in [-0.3, -0.25) is 10.1 Å². The fourth-order valence-electron chi connectivity index (χ4n) is 1.98. The number of nitrogens with zero attached hydrogens (tertiary/aromatic N) is 2. The lowest BCUT2D eigenvalue weighted by Gasteiger charge is -2.06. The lowest BCUT2D eigenvalue weighted by molar-refractivity contribution is -0.384. The van der Waals surface area contributed by atoms with Gasteiger partial charge in [0.05, 0.1) is 15.5 Å². The highest BCUT2D eigenvalue weighted by Crippen LogP contribution is 2.31. The van der Waals surface area contributed by atoms with E-state index in [9.17, 15) is 15.4 Å². The Morgan fingerprint density at radius 1 is 1.19 bits per heavy atom. The second kappa shape index (κ2) is 6.21. The Bertz CT molecular complexity index is 762. The molecule has 0 fully saturated rings. The van der Waals surface area contributed by atoms with E-state index >= 15 is 0 Å². The lowest BCUT2D eigenvalue weighted by atomic mass is 10.0. The molecule has 2 aromatic rings. The van der Waals surface area contributed by atoms with Crippen molar-refractivity contribution in [3.8, 4) is 6.07 Å². The van der Waals surface area contributed by atoms with Crippen LogP contribution in [0.3, 0.4) is 0 Å². The normalized spacial score (nSPS) is 11.5. The molecule has 0 aliphatic heterocycles. The molecule has 0 N–H and O–H groups in total. The molecule has 0 aliphatic rings. The largest absolute Gasteiger partial charge is 0.270 e. The lowest BCUT2D eigenvalue weighted by Crippen LogP contribution is -1.92. The van der Waals surface area contributed by atoms with Crippen LogP contribution in [0.1, 0.15) is 16.7 Å². The summed E-state index contributed by atoms with van der Waals surface area (Å²) in [5.41, 5.74) is 2.09. The van der Waals surface area contributed by atoms with Crippen molar-refractivity contribution in [3.63, 3.8) is 0 Å². The van der Waals surface area contributed by atoms with Crippen molar-refractivity contribution in [1.82, 2.24) is 0 Å². The summed E-state index contributed by atoms with van der Waals surface area (Å²) in [5.74, 6) is 0. The molecular weight excluding hydrogens is 288 g/mol. The maximum Gasteiger partial charge on any atom is 0.270 e. The molecule has 2 rings (SSSR count). The summed E-state index contributed by atoms with van der Waals surface area (Å²) in [6.45, 7) is 1.75. The van der Waals surface area contributed by atoms with Crippen molar-refractivity contribution < 1.29 is 4.92 Å². The number of nitro benzene ring substituents is 1. The molecular formula is C16H11ClN2O2. The molecule has 0 amide bonds. The van der Waals surface area contributed by atoms with Gasteiger partial charge in [0.1, 0.15) is 6.07 Å². The third-order valence-corrected chi connectivity index (χ3v) is 3.33. The SMILES string of the molecule is Cc1cc(/C(Cl)=C(/C#N)c2ccccc2)cc([N+](=O)[O-])c1. The second-order valence-electron chi connectivity index (χ2n) is 4.48. The van der Waals surface area contributed by atoms with Crippen LogP contribution in [-0.2, 0) is 0 Å². The highest BCUT2D eigenvalue weighted by Gasteiger charge is 2.14. The molecule has 104 valence electrons. The average molecular weight is 299 g/mol. The number of nitro groups is 1. The van der Waals surface area contributed by atoms with Crippen LogP contribution < -0.4 is 0 Å². The summed E-state index contributed by atoms with van der Waals surface area (Å²) in [7, 11) is 0. The Labute approximate surface area is 127 Å². The van der Waals surface area contributed by atoms with Gasteiger partial charge in [0.25, 0.3) is 5.69 Å². The van der Waals surface area contributed by atoms with Crippen LogP contribution in [0.4, 0.5) is 5.69 Å². The van der Waals surface area contributed by atoms with Crippen LogP contribution in [0.25, 0.3) is 10.6 Å². The molecule has 0 unspecified atom stereocenters. The number of hydrogen-bond acceptors (Lipinski definition) is 3. The summed E-state index contributed by atoms with van der Waals surface area (Å²) in [4.78, 5) is 10.4. The number of hydrogen-bond donors (Lipinski definition) is 0. The summed E-state index contributed by atoms with van der Waals surface area (Å²) in [6.07, 6.45) is 0. The van der Waals surface area contributed by atoms with E-state index in [1.165, 1.54) is 12.1 Å². The number of allylic oxidation sites excluding steroid dienone is 1. The molecule has 21 heavy (non-hydrogen) atoms. The first kappa shape index (κ1) is 14.8. The third-order valence-electron chi connectivity index (χ3n) is 2.92.